The summed E-state index contributed by atoms with van der Waals surface area (Å²) in [6, 6.07) is 7.81. The van der Waals surface area contributed by atoms with E-state index in [-0.39, 0.29) is 12.2 Å². The van der Waals surface area contributed by atoms with Crippen LogP contribution in [0.4, 0.5) is 0 Å². The summed E-state index contributed by atoms with van der Waals surface area (Å²) in [4.78, 5) is 29.1. The molecule has 3 rings (SSSR count). The number of ether oxygens (including phenoxy) is 1. The summed E-state index contributed by atoms with van der Waals surface area (Å²) in [6.45, 7) is 4.08. The summed E-state index contributed by atoms with van der Waals surface area (Å²) >= 11 is 7.23. The number of hydrogen-bond acceptors (Lipinski definition) is 6. The quantitative estimate of drug-likeness (QED) is 0.637. The zero-order chi connectivity index (χ0) is 18.0. The molecule has 2 heterocycles. The third-order valence-corrected chi connectivity index (χ3v) is 4.50. The van der Waals surface area contributed by atoms with E-state index in [2.05, 4.69) is 23.9 Å². The summed E-state index contributed by atoms with van der Waals surface area (Å²) in [5.74, 6) is -0.0799. The fourth-order valence-electron chi connectivity index (χ4n) is 2.24. The minimum absolute atomic E-state index is 0.0888. The van der Waals surface area contributed by atoms with Crippen molar-refractivity contribution in [2.24, 2.45) is 5.92 Å². The number of nitrogens with zero attached hydrogens (tertiary/aromatic N) is 3. The molecule has 0 spiro atoms. The lowest BCUT2D eigenvalue weighted by Gasteiger charge is -2.04. The Hall–Kier alpha value is -2.25. The van der Waals surface area contributed by atoms with Crippen LogP contribution in [-0.4, -0.2) is 20.6 Å². The van der Waals surface area contributed by atoms with Gasteiger partial charge in [-0.3, -0.25) is 4.79 Å². The Labute approximate surface area is 153 Å². The average Bonchev–Trinajstić information content (AvgIpc) is 2.94. The minimum atomic E-state index is -0.519. The van der Waals surface area contributed by atoms with Crippen LogP contribution in [-0.2, 0) is 17.8 Å². The first kappa shape index (κ1) is 17.6. The van der Waals surface area contributed by atoms with E-state index >= 15 is 0 Å². The van der Waals surface area contributed by atoms with Crippen molar-refractivity contribution < 1.29 is 9.53 Å². The van der Waals surface area contributed by atoms with Gasteiger partial charge >= 0.3 is 5.97 Å². The summed E-state index contributed by atoms with van der Waals surface area (Å²) < 4.78 is 6.50. The molecule has 130 valence electrons. The van der Waals surface area contributed by atoms with Crippen molar-refractivity contribution in [3.63, 3.8) is 0 Å². The van der Waals surface area contributed by atoms with Crippen molar-refractivity contribution in [3.8, 4) is 0 Å². The molecule has 8 heteroatoms. The number of halogens is 1. The van der Waals surface area contributed by atoms with Crippen LogP contribution in [0.3, 0.4) is 0 Å². The fraction of sp³-hybridized carbons (Fsp3) is 0.294. The third-order valence-electron chi connectivity index (χ3n) is 3.33. The van der Waals surface area contributed by atoms with Crippen LogP contribution >= 0.6 is 22.9 Å². The topological polar surface area (TPSA) is 73.6 Å². The monoisotopic (exact) mass is 377 g/mol. The van der Waals surface area contributed by atoms with E-state index in [0.717, 1.165) is 11.4 Å². The molecule has 0 radical (unpaired) electrons. The first-order valence-corrected chi connectivity index (χ1v) is 8.93. The van der Waals surface area contributed by atoms with E-state index in [1.165, 1.54) is 28.0 Å². The number of carbonyl (C=O) groups is 1. The predicted molar refractivity (Wildman–Crippen MR) is 96.2 cm³/mol. The number of esters is 1. The molecule has 0 saturated carbocycles. The molecule has 0 amide bonds. The van der Waals surface area contributed by atoms with Gasteiger partial charge in [0.25, 0.3) is 5.56 Å². The minimum Gasteiger partial charge on any atom is -0.456 e. The zero-order valence-corrected chi connectivity index (χ0v) is 15.3. The van der Waals surface area contributed by atoms with Crippen LogP contribution in [0.2, 0.25) is 5.02 Å². The molecular weight excluding hydrogens is 362 g/mol. The summed E-state index contributed by atoms with van der Waals surface area (Å²) in [5.41, 5.74) is 0.451. The third kappa shape index (κ3) is 4.24. The second-order valence-electron chi connectivity index (χ2n) is 5.96. The maximum absolute atomic E-state index is 12.2. The van der Waals surface area contributed by atoms with Gasteiger partial charge in [-0.1, -0.05) is 42.9 Å². The van der Waals surface area contributed by atoms with Crippen LogP contribution < -0.4 is 5.56 Å². The van der Waals surface area contributed by atoms with Gasteiger partial charge < -0.3 is 4.74 Å². The molecule has 0 unspecified atom stereocenters. The Balaban J connectivity index is 1.77. The van der Waals surface area contributed by atoms with Gasteiger partial charge in [-0.2, -0.15) is 9.61 Å². The molecule has 0 N–H and O–H groups in total. The van der Waals surface area contributed by atoms with Crippen molar-refractivity contribution in [2.45, 2.75) is 26.9 Å². The average molecular weight is 378 g/mol. The molecule has 0 saturated heterocycles. The summed E-state index contributed by atoms with van der Waals surface area (Å²) in [6.07, 6.45) is 0.784. The Bertz CT molecular complexity index is 981. The molecular formula is C17H16ClN3O3S. The number of fused-ring (bicyclic) bond motifs is 1. The largest absolute Gasteiger partial charge is 0.456 e. The molecule has 0 atom stereocenters. The Kier molecular flexibility index (Phi) is 5.15. The lowest BCUT2D eigenvalue weighted by Crippen LogP contribution is -2.16. The van der Waals surface area contributed by atoms with Crippen molar-refractivity contribution in [1.29, 1.82) is 0 Å². The number of rotatable bonds is 5. The predicted octanol–water partition coefficient (Wildman–Crippen LogP) is 3.36. The van der Waals surface area contributed by atoms with E-state index < -0.39 is 5.97 Å². The van der Waals surface area contributed by atoms with E-state index in [4.69, 9.17) is 16.3 Å². The molecule has 0 aliphatic rings. The van der Waals surface area contributed by atoms with Crippen LogP contribution in [0.25, 0.3) is 4.96 Å². The standard InChI is InChI=1S/C17H16ClN3O3S/c1-10(2)6-14-20-21-15(22)8-13(19-17(21)25-14)9-24-16(23)11-4-3-5-12(18)7-11/h3-5,7-8,10H,6,9H2,1-2H3. The van der Waals surface area contributed by atoms with Crippen molar-refractivity contribution >= 4 is 33.9 Å². The Morgan fingerprint density at radius 3 is 2.88 bits per heavy atom. The summed E-state index contributed by atoms with van der Waals surface area (Å²) in [7, 11) is 0. The number of aromatic nitrogens is 3. The van der Waals surface area contributed by atoms with E-state index in [1.54, 1.807) is 18.2 Å². The van der Waals surface area contributed by atoms with Gasteiger partial charge in [-0.05, 0) is 24.1 Å². The van der Waals surface area contributed by atoms with Crippen LogP contribution in [0, 0.1) is 5.92 Å². The maximum atomic E-state index is 12.2. The maximum Gasteiger partial charge on any atom is 0.338 e. The molecule has 25 heavy (non-hydrogen) atoms. The highest BCUT2D eigenvalue weighted by molar-refractivity contribution is 7.16. The van der Waals surface area contributed by atoms with Gasteiger partial charge in [0.05, 0.1) is 11.3 Å². The first-order chi connectivity index (χ1) is 11.9. The normalized spacial score (nSPS) is 11.2. The van der Waals surface area contributed by atoms with Gasteiger partial charge in [0, 0.05) is 17.5 Å². The van der Waals surface area contributed by atoms with E-state index in [1.807, 2.05) is 0 Å². The van der Waals surface area contributed by atoms with Crippen molar-refractivity contribution in [1.82, 2.24) is 14.6 Å². The number of benzene rings is 1. The molecule has 6 nitrogen and oxygen atoms in total. The lowest BCUT2D eigenvalue weighted by atomic mass is 10.1. The van der Waals surface area contributed by atoms with Crippen LogP contribution in [0.5, 0.6) is 0 Å². The van der Waals surface area contributed by atoms with Crippen LogP contribution in [0.15, 0.2) is 35.1 Å². The Morgan fingerprint density at radius 2 is 2.16 bits per heavy atom. The SMILES string of the molecule is CC(C)Cc1nn2c(=O)cc(COC(=O)c3cccc(Cl)c3)nc2s1. The van der Waals surface area contributed by atoms with Crippen molar-refractivity contribution in [2.75, 3.05) is 0 Å². The second-order valence-corrected chi connectivity index (χ2v) is 7.44. The fourth-order valence-corrected chi connectivity index (χ4v) is 3.56. The number of carbonyl (C=O) groups excluding carboxylic acids is 1. The van der Waals surface area contributed by atoms with Gasteiger partial charge in [-0.25, -0.2) is 9.78 Å². The smallest absolute Gasteiger partial charge is 0.338 e. The highest BCUT2D eigenvalue weighted by Gasteiger charge is 2.12. The van der Waals surface area contributed by atoms with E-state index in [0.29, 0.717) is 27.2 Å². The second kappa shape index (κ2) is 7.33. The molecule has 0 bridgehead atoms. The van der Waals surface area contributed by atoms with E-state index in [9.17, 15) is 9.59 Å². The molecule has 3 aromatic rings. The lowest BCUT2D eigenvalue weighted by molar-refractivity contribution is 0.0468. The molecule has 0 aliphatic carbocycles. The van der Waals surface area contributed by atoms with Gasteiger partial charge in [0.15, 0.2) is 0 Å². The molecule has 1 aromatic carbocycles. The van der Waals surface area contributed by atoms with Crippen molar-refractivity contribution in [3.05, 3.63) is 62.0 Å². The van der Waals surface area contributed by atoms with Gasteiger partial charge in [-0.15, -0.1) is 0 Å². The molecule has 0 aliphatic heterocycles. The Morgan fingerprint density at radius 1 is 1.36 bits per heavy atom. The highest BCUT2D eigenvalue weighted by atomic mass is 35.5. The first-order valence-electron chi connectivity index (χ1n) is 7.74. The molecule has 2 aromatic heterocycles. The summed E-state index contributed by atoms with van der Waals surface area (Å²) in [5, 5.41) is 5.59. The zero-order valence-electron chi connectivity index (χ0n) is 13.7. The van der Waals surface area contributed by atoms with Gasteiger partial charge in [0.1, 0.15) is 11.6 Å². The molecule has 0 fully saturated rings. The number of hydrogen-bond donors (Lipinski definition) is 0. The van der Waals surface area contributed by atoms with Gasteiger partial charge in [0.2, 0.25) is 4.96 Å². The van der Waals surface area contributed by atoms with Crippen LogP contribution in [0.1, 0.15) is 34.9 Å². The highest BCUT2D eigenvalue weighted by Crippen LogP contribution is 2.16.